The number of rotatable bonds is 3. The summed E-state index contributed by atoms with van der Waals surface area (Å²) in [5, 5.41) is 0. The lowest BCUT2D eigenvalue weighted by Crippen LogP contribution is -2.45. The number of morpholine rings is 1. The second-order valence-corrected chi connectivity index (χ2v) is 6.83. The molecule has 2 bridgehead atoms. The molecule has 22 heavy (non-hydrogen) atoms. The van der Waals surface area contributed by atoms with Gasteiger partial charge in [-0.3, -0.25) is 4.90 Å². The predicted molar refractivity (Wildman–Crippen MR) is 81.5 cm³/mol. The van der Waals surface area contributed by atoms with Gasteiger partial charge < -0.3 is 14.2 Å². The number of amides is 1. The Bertz CT molecular complexity index is 525. The molecule has 2 fully saturated rings. The number of carbonyl (C=O) groups is 1. The van der Waals surface area contributed by atoms with Crippen LogP contribution in [0.15, 0.2) is 30.3 Å². The Labute approximate surface area is 131 Å². The van der Waals surface area contributed by atoms with Gasteiger partial charge in [-0.05, 0) is 26.3 Å². The second-order valence-electron chi connectivity index (χ2n) is 6.83. The van der Waals surface area contributed by atoms with E-state index in [1.54, 1.807) is 4.90 Å². The van der Waals surface area contributed by atoms with Crippen LogP contribution >= 0.6 is 0 Å². The number of hydrogen-bond acceptors (Lipinski definition) is 4. The first kappa shape index (κ1) is 15.3. The van der Waals surface area contributed by atoms with Crippen LogP contribution in [0.25, 0.3) is 0 Å². The Hall–Kier alpha value is -1.59. The molecule has 0 spiro atoms. The van der Waals surface area contributed by atoms with Gasteiger partial charge in [-0.15, -0.1) is 0 Å². The molecule has 5 nitrogen and oxygen atoms in total. The third-order valence-electron chi connectivity index (χ3n) is 3.92. The summed E-state index contributed by atoms with van der Waals surface area (Å²) >= 11 is 0. The summed E-state index contributed by atoms with van der Waals surface area (Å²) in [5.74, 6) is 0. The lowest BCUT2D eigenvalue weighted by molar-refractivity contribution is -0.0119. The summed E-state index contributed by atoms with van der Waals surface area (Å²) in [6, 6.07) is 9.98. The molecule has 2 aliphatic rings. The van der Waals surface area contributed by atoms with Crippen LogP contribution < -0.4 is 0 Å². The minimum atomic E-state index is -0.486. The van der Waals surface area contributed by atoms with Crippen molar-refractivity contribution in [2.24, 2.45) is 0 Å². The molecule has 2 heterocycles. The predicted octanol–water partition coefficient (Wildman–Crippen LogP) is 2.59. The van der Waals surface area contributed by atoms with E-state index in [0.29, 0.717) is 19.8 Å². The van der Waals surface area contributed by atoms with Gasteiger partial charge in [0.05, 0.1) is 25.8 Å². The first-order chi connectivity index (χ1) is 10.4. The number of likely N-dealkylation sites (tertiary alicyclic amines) is 1. The molecule has 3 unspecified atom stereocenters. The quantitative estimate of drug-likeness (QED) is 0.861. The fraction of sp³-hybridized carbons (Fsp3) is 0.588. The lowest BCUT2D eigenvalue weighted by Gasteiger charge is -2.29. The van der Waals surface area contributed by atoms with Crippen molar-refractivity contribution >= 4 is 6.09 Å². The standard InChI is InChI=1S/C17H23NO4/c1-17(2,3)22-16(19)18-9-14-15(13(18)11-20-14)21-10-12-7-5-4-6-8-12/h4-8,13-15H,9-11H2,1-3H3. The van der Waals surface area contributed by atoms with E-state index in [2.05, 4.69) is 0 Å². The van der Waals surface area contributed by atoms with Crippen molar-refractivity contribution in [2.45, 2.75) is 51.2 Å². The Kier molecular flexibility index (Phi) is 4.10. The van der Waals surface area contributed by atoms with Gasteiger partial charge >= 0.3 is 6.09 Å². The number of benzene rings is 1. The summed E-state index contributed by atoms with van der Waals surface area (Å²) < 4.78 is 17.2. The molecule has 0 radical (unpaired) electrons. The van der Waals surface area contributed by atoms with Crippen LogP contribution in [0.5, 0.6) is 0 Å². The third kappa shape index (κ3) is 3.25. The molecule has 1 amide bonds. The molecular formula is C17H23NO4. The van der Waals surface area contributed by atoms with Gasteiger partial charge in [0, 0.05) is 0 Å². The Morgan fingerprint density at radius 1 is 1.32 bits per heavy atom. The zero-order valence-electron chi connectivity index (χ0n) is 13.3. The zero-order valence-corrected chi connectivity index (χ0v) is 13.3. The number of ether oxygens (including phenoxy) is 3. The fourth-order valence-electron chi connectivity index (χ4n) is 2.93. The van der Waals surface area contributed by atoms with Crippen molar-refractivity contribution in [1.29, 1.82) is 0 Å². The average Bonchev–Trinajstić information content (AvgIpc) is 3.01. The highest BCUT2D eigenvalue weighted by Gasteiger charge is 2.51. The fourth-order valence-corrected chi connectivity index (χ4v) is 2.93. The van der Waals surface area contributed by atoms with E-state index in [4.69, 9.17) is 14.2 Å². The molecule has 0 saturated carbocycles. The maximum Gasteiger partial charge on any atom is 0.410 e. The summed E-state index contributed by atoms with van der Waals surface area (Å²) in [7, 11) is 0. The zero-order chi connectivity index (χ0) is 15.7. The van der Waals surface area contributed by atoms with Gasteiger partial charge in [-0.25, -0.2) is 4.79 Å². The van der Waals surface area contributed by atoms with Crippen molar-refractivity contribution in [3.63, 3.8) is 0 Å². The first-order valence-electron chi connectivity index (χ1n) is 7.71. The van der Waals surface area contributed by atoms with Gasteiger partial charge in [-0.2, -0.15) is 0 Å². The van der Waals surface area contributed by atoms with Gasteiger partial charge in [-0.1, -0.05) is 30.3 Å². The van der Waals surface area contributed by atoms with Crippen LogP contribution in [0.4, 0.5) is 4.79 Å². The van der Waals surface area contributed by atoms with E-state index in [1.807, 2.05) is 51.1 Å². The monoisotopic (exact) mass is 305 g/mol. The normalized spacial score (nSPS) is 27.2. The summed E-state index contributed by atoms with van der Waals surface area (Å²) in [6.07, 6.45) is -0.412. The minimum absolute atomic E-state index is 0.0523. The summed E-state index contributed by atoms with van der Waals surface area (Å²) in [5.41, 5.74) is 0.637. The van der Waals surface area contributed by atoms with Crippen molar-refractivity contribution in [2.75, 3.05) is 13.2 Å². The maximum absolute atomic E-state index is 12.3. The number of hydrogen-bond donors (Lipinski definition) is 0. The van der Waals surface area contributed by atoms with Crippen molar-refractivity contribution < 1.29 is 19.0 Å². The molecule has 0 N–H and O–H groups in total. The van der Waals surface area contributed by atoms with Gasteiger partial charge in [0.2, 0.25) is 0 Å². The molecule has 2 aliphatic heterocycles. The van der Waals surface area contributed by atoms with Crippen LogP contribution in [0.3, 0.4) is 0 Å². The molecule has 3 rings (SSSR count). The van der Waals surface area contributed by atoms with Crippen LogP contribution in [0, 0.1) is 0 Å². The molecular weight excluding hydrogens is 282 g/mol. The van der Waals surface area contributed by atoms with E-state index < -0.39 is 5.60 Å². The van der Waals surface area contributed by atoms with E-state index in [0.717, 1.165) is 5.56 Å². The molecule has 0 aliphatic carbocycles. The molecule has 2 saturated heterocycles. The summed E-state index contributed by atoms with van der Waals surface area (Å²) in [4.78, 5) is 14.0. The van der Waals surface area contributed by atoms with Crippen LogP contribution in [-0.2, 0) is 20.8 Å². The number of nitrogens with zero attached hydrogens (tertiary/aromatic N) is 1. The molecule has 3 atom stereocenters. The third-order valence-corrected chi connectivity index (χ3v) is 3.92. The summed E-state index contributed by atoms with van der Waals surface area (Å²) in [6.45, 7) is 7.21. The molecule has 5 heteroatoms. The van der Waals surface area contributed by atoms with Crippen LogP contribution in [-0.4, -0.2) is 48.0 Å². The topological polar surface area (TPSA) is 48.0 Å². The van der Waals surface area contributed by atoms with Gasteiger partial charge in [0.15, 0.2) is 0 Å². The highest BCUT2D eigenvalue weighted by atomic mass is 16.6. The minimum Gasteiger partial charge on any atom is -0.444 e. The lowest BCUT2D eigenvalue weighted by atomic mass is 10.2. The maximum atomic E-state index is 12.3. The number of carbonyl (C=O) groups excluding carboxylic acids is 1. The molecule has 1 aromatic rings. The van der Waals surface area contributed by atoms with Crippen molar-refractivity contribution in [3.05, 3.63) is 35.9 Å². The Morgan fingerprint density at radius 2 is 2.05 bits per heavy atom. The van der Waals surface area contributed by atoms with E-state index >= 15 is 0 Å². The Morgan fingerprint density at radius 3 is 2.73 bits per heavy atom. The second kappa shape index (κ2) is 5.89. The molecule has 120 valence electrons. The van der Waals surface area contributed by atoms with Crippen LogP contribution in [0.1, 0.15) is 26.3 Å². The largest absolute Gasteiger partial charge is 0.444 e. The Balaban J connectivity index is 1.60. The molecule has 0 aromatic heterocycles. The smallest absolute Gasteiger partial charge is 0.410 e. The van der Waals surface area contributed by atoms with E-state index in [9.17, 15) is 4.79 Å². The number of fused-ring (bicyclic) bond motifs is 2. The first-order valence-corrected chi connectivity index (χ1v) is 7.71. The molecule has 1 aromatic carbocycles. The average molecular weight is 305 g/mol. The highest BCUT2D eigenvalue weighted by Crippen LogP contribution is 2.32. The van der Waals surface area contributed by atoms with Gasteiger partial charge in [0.25, 0.3) is 0 Å². The van der Waals surface area contributed by atoms with Crippen molar-refractivity contribution in [3.8, 4) is 0 Å². The van der Waals surface area contributed by atoms with E-state index in [1.165, 1.54) is 0 Å². The SMILES string of the molecule is CC(C)(C)OC(=O)N1CC2OCC1C2OCc1ccccc1. The van der Waals surface area contributed by atoms with Crippen molar-refractivity contribution in [1.82, 2.24) is 4.90 Å². The van der Waals surface area contributed by atoms with Gasteiger partial charge in [0.1, 0.15) is 17.8 Å². The highest BCUT2D eigenvalue weighted by molar-refractivity contribution is 5.69. The van der Waals surface area contributed by atoms with E-state index in [-0.39, 0.29) is 24.3 Å². The van der Waals surface area contributed by atoms with Crippen LogP contribution in [0.2, 0.25) is 0 Å².